The fourth-order valence-electron chi connectivity index (χ4n) is 2.33. The van der Waals surface area contributed by atoms with Crippen molar-refractivity contribution in [1.82, 2.24) is 0 Å². The summed E-state index contributed by atoms with van der Waals surface area (Å²) in [5, 5.41) is 0. The molecule has 0 heterocycles. The largest absolute Gasteiger partial charge is 0.329 e. The second-order valence-electron chi connectivity index (χ2n) is 5.27. The summed E-state index contributed by atoms with van der Waals surface area (Å²) >= 11 is 0. The average Bonchev–Trinajstić information content (AvgIpc) is 2.52. The van der Waals surface area contributed by atoms with Gasteiger partial charge in [-0.05, 0) is 41.2 Å². The van der Waals surface area contributed by atoms with Crippen LogP contribution in [-0.4, -0.2) is 6.54 Å². The van der Waals surface area contributed by atoms with Crippen molar-refractivity contribution in [2.75, 3.05) is 6.54 Å². The minimum atomic E-state index is -0.0845. The van der Waals surface area contributed by atoms with Crippen LogP contribution in [0.1, 0.15) is 36.9 Å². The van der Waals surface area contributed by atoms with Crippen molar-refractivity contribution in [1.29, 1.82) is 0 Å². The third-order valence-electron chi connectivity index (χ3n) is 3.67. The van der Waals surface area contributed by atoms with Crippen molar-refractivity contribution in [3.63, 3.8) is 0 Å². The summed E-state index contributed by atoms with van der Waals surface area (Å²) in [5.74, 6) is 0. The molecular formula is C18H24N2. The highest BCUT2D eigenvalue weighted by Crippen LogP contribution is 2.23. The molecular weight excluding hydrogens is 244 g/mol. The predicted octanol–water partition coefficient (Wildman–Crippen LogP) is 3.65. The van der Waals surface area contributed by atoms with Gasteiger partial charge in [0.15, 0.2) is 0 Å². The molecule has 0 bridgehead atoms. The van der Waals surface area contributed by atoms with Crippen LogP contribution < -0.4 is 11.5 Å². The van der Waals surface area contributed by atoms with Crippen molar-refractivity contribution in [3.8, 4) is 11.1 Å². The van der Waals surface area contributed by atoms with E-state index in [0.29, 0.717) is 6.54 Å². The predicted molar refractivity (Wildman–Crippen MR) is 86.5 cm³/mol. The van der Waals surface area contributed by atoms with Gasteiger partial charge in [0, 0.05) is 12.6 Å². The molecule has 106 valence electrons. The highest BCUT2D eigenvalue weighted by atomic mass is 14.7. The number of hydrogen-bond acceptors (Lipinski definition) is 2. The van der Waals surface area contributed by atoms with Crippen LogP contribution in [0.15, 0.2) is 48.5 Å². The van der Waals surface area contributed by atoms with E-state index in [1.54, 1.807) is 0 Å². The molecule has 2 aromatic carbocycles. The van der Waals surface area contributed by atoms with Crippen molar-refractivity contribution in [3.05, 3.63) is 59.7 Å². The molecule has 1 atom stereocenters. The fourth-order valence-corrected chi connectivity index (χ4v) is 2.33. The van der Waals surface area contributed by atoms with E-state index < -0.39 is 0 Å². The Bertz CT molecular complexity index is 531. The molecule has 2 heteroatoms. The van der Waals surface area contributed by atoms with Gasteiger partial charge in [-0.15, -0.1) is 0 Å². The van der Waals surface area contributed by atoms with Crippen molar-refractivity contribution in [2.45, 2.75) is 32.2 Å². The molecule has 0 aliphatic rings. The topological polar surface area (TPSA) is 52.0 Å². The standard InChI is InChI=1S/C18H24N2/c1-2-3-5-14-8-10-15(11-9-14)16-6-4-7-17(12-16)18(20)13-19/h4,6-12,18H,2-3,5,13,19-20H2,1H3. The highest BCUT2D eigenvalue weighted by Gasteiger charge is 2.05. The summed E-state index contributed by atoms with van der Waals surface area (Å²) < 4.78 is 0. The quantitative estimate of drug-likeness (QED) is 0.840. The lowest BCUT2D eigenvalue weighted by Crippen LogP contribution is -2.20. The zero-order valence-electron chi connectivity index (χ0n) is 12.2. The minimum absolute atomic E-state index is 0.0845. The van der Waals surface area contributed by atoms with Gasteiger partial charge in [-0.2, -0.15) is 0 Å². The molecule has 0 radical (unpaired) electrons. The number of nitrogens with two attached hydrogens (primary N) is 2. The Hall–Kier alpha value is -1.64. The number of unbranched alkanes of at least 4 members (excludes halogenated alkanes) is 1. The lowest BCUT2D eigenvalue weighted by molar-refractivity contribution is 0.737. The smallest absolute Gasteiger partial charge is 0.0419 e. The highest BCUT2D eigenvalue weighted by molar-refractivity contribution is 5.64. The zero-order valence-corrected chi connectivity index (χ0v) is 12.2. The van der Waals surface area contributed by atoms with E-state index in [2.05, 4.69) is 43.3 Å². The molecule has 4 N–H and O–H groups in total. The van der Waals surface area contributed by atoms with E-state index in [0.717, 1.165) is 12.0 Å². The van der Waals surface area contributed by atoms with Crippen LogP contribution in [0.2, 0.25) is 0 Å². The third-order valence-corrected chi connectivity index (χ3v) is 3.67. The molecule has 0 aliphatic heterocycles. The molecule has 0 fully saturated rings. The van der Waals surface area contributed by atoms with E-state index in [-0.39, 0.29) is 6.04 Å². The molecule has 0 aliphatic carbocycles. The second kappa shape index (κ2) is 7.22. The SMILES string of the molecule is CCCCc1ccc(-c2cccc(C(N)CN)c2)cc1. The van der Waals surface area contributed by atoms with Gasteiger partial charge in [-0.1, -0.05) is 55.8 Å². The van der Waals surface area contributed by atoms with Gasteiger partial charge >= 0.3 is 0 Å². The zero-order chi connectivity index (χ0) is 14.4. The number of benzene rings is 2. The summed E-state index contributed by atoms with van der Waals surface area (Å²) in [4.78, 5) is 0. The van der Waals surface area contributed by atoms with Crippen LogP contribution in [0.25, 0.3) is 11.1 Å². The summed E-state index contributed by atoms with van der Waals surface area (Å²) in [6, 6.07) is 17.1. The van der Waals surface area contributed by atoms with Gasteiger partial charge < -0.3 is 11.5 Å². The van der Waals surface area contributed by atoms with Crippen LogP contribution in [0.5, 0.6) is 0 Å². The van der Waals surface area contributed by atoms with E-state index in [9.17, 15) is 0 Å². The van der Waals surface area contributed by atoms with E-state index >= 15 is 0 Å². The van der Waals surface area contributed by atoms with Crippen LogP contribution >= 0.6 is 0 Å². The van der Waals surface area contributed by atoms with Gasteiger partial charge in [0.05, 0.1) is 0 Å². The van der Waals surface area contributed by atoms with Gasteiger partial charge in [-0.25, -0.2) is 0 Å². The molecule has 20 heavy (non-hydrogen) atoms. The van der Waals surface area contributed by atoms with E-state index in [1.807, 2.05) is 12.1 Å². The van der Waals surface area contributed by atoms with Crippen LogP contribution in [0, 0.1) is 0 Å². The molecule has 0 saturated carbocycles. The normalized spacial score (nSPS) is 12.3. The maximum atomic E-state index is 6.00. The first-order valence-corrected chi connectivity index (χ1v) is 7.39. The Kier molecular flexibility index (Phi) is 5.33. The number of rotatable bonds is 6. The number of hydrogen-bond donors (Lipinski definition) is 2. The van der Waals surface area contributed by atoms with Crippen molar-refractivity contribution < 1.29 is 0 Å². The Labute approximate surface area is 121 Å². The first-order valence-electron chi connectivity index (χ1n) is 7.39. The lowest BCUT2D eigenvalue weighted by atomic mass is 9.98. The van der Waals surface area contributed by atoms with Gasteiger partial charge in [-0.3, -0.25) is 0 Å². The maximum absolute atomic E-state index is 6.00. The van der Waals surface area contributed by atoms with Gasteiger partial charge in [0.25, 0.3) is 0 Å². The van der Waals surface area contributed by atoms with Crippen molar-refractivity contribution in [2.24, 2.45) is 11.5 Å². The first-order chi connectivity index (χ1) is 9.74. The summed E-state index contributed by atoms with van der Waals surface area (Å²) in [6.45, 7) is 2.69. The van der Waals surface area contributed by atoms with Gasteiger partial charge in [0.2, 0.25) is 0 Å². The van der Waals surface area contributed by atoms with Crippen LogP contribution in [0.4, 0.5) is 0 Å². The molecule has 0 spiro atoms. The molecule has 2 aromatic rings. The van der Waals surface area contributed by atoms with E-state index in [4.69, 9.17) is 11.5 Å². The van der Waals surface area contributed by atoms with Crippen LogP contribution in [0.3, 0.4) is 0 Å². The third kappa shape index (κ3) is 3.69. The summed E-state index contributed by atoms with van der Waals surface area (Å²) in [5.41, 5.74) is 16.6. The first kappa shape index (κ1) is 14.8. The monoisotopic (exact) mass is 268 g/mol. The molecule has 0 saturated heterocycles. The average molecular weight is 268 g/mol. The lowest BCUT2D eigenvalue weighted by Gasteiger charge is -2.11. The molecule has 2 nitrogen and oxygen atoms in total. The van der Waals surface area contributed by atoms with Gasteiger partial charge in [0.1, 0.15) is 0 Å². The molecule has 2 rings (SSSR count). The molecule has 0 aromatic heterocycles. The van der Waals surface area contributed by atoms with Crippen LogP contribution in [-0.2, 0) is 6.42 Å². The Morgan fingerprint density at radius 1 is 1.00 bits per heavy atom. The second-order valence-corrected chi connectivity index (χ2v) is 5.27. The Morgan fingerprint density at radius 3 is 2.40 bits per heavy atom. The molecule has 0 amide bonds. The maximum Gasteiger partial charge on any atom is 0.0419 e. The molecule has 1 unspecified atom stereocenters. The van der Waals surface area contributed by atoms with E-state index in [1.165, 1.54) is 29.5 Å². The fraction of sp³-hybridized carbons (Fsp3) is 0.333. The minimum Gasteiger partial charge on any atom is -0.329 e. The number of aryl methyl sites for hydroxylation is 1. The van der Waals surface area contributed by atoms with Crippen molar-refractivity contribution >= 4 is 0 Å². The summed E-state index contributed by atoms with van der Waals surface area (Å²) in [6.07, 6.45) is 3.65. The Balaban J connectivity index is 2.18. The summed E-state index contributed by atoms with van der Waals surface area (Å²) in [7, 11) is 0. The Morgan fingerprint density at radius 2 is 1.75 bits per heavy atom.